The van der Waals surface area contributed by atoms with Gasteiger partial charge >= 0.3 is 0 Å². The molecule has 3 amide bonds. The molecule has 138 valence electrons. The molecule has 3 rings (SSSR count). The number of Topliss-reactive ketones (excluding diaryl/α,β-unsaturated/α-hetero) is 1. The zero-order valence-corrected chi connectivity index (χ0v) is 17.2. The molecule has 6 nitrogen and oxygen atoms in total. The number of carbonyl (C=O) groups excluding carboxylic acids is 4. The van der Waals surface area contributed by atoms with E-state index in [-0.39, 0.29) is 45.6 Å². The summed E-state index contributed by atoms with van der Waals surface area (Å²) in [4.78, 5) is 50.0. The highest BCUT2D eigenvalue weighted by Crippen LogP contribution is 2.43. The molecule has 2 fully saturated rings. The molecule has 26 heavy (non-hydrogen) atoms. The van der Waals surface area contributed by atoms with Crippen LogP contribution in [0.2, 0.25) is 0 Å². The smallest absolute Gasteiger partial charge is 0.244 e. The number of hydrogen-bond donors (Lipinski definition) is 1. The van der Waals surface area contributed by atoms with Crippen molar-refractivity contribution in [2.24, 2.45) is 11.8 Å². The first-order chi connectivity index (χ1) is 12.3. The van der Waals surface area contributed by atoms with E-state index < -0.39 is 5.91 Å². The van der Waals surface area contributed by atoms with E-state index in [1.165, 1.54) is 6.92 Å². The van der Waals surface area contributed by atoms with Crippen molar-refractivity contribution >= 4 is 61.1 Å². The topological polar surface area (TPSA) is 83.6 Å². The first-order valence-electron chi connectivity index (χ1n) is 8.32. The number of nitrogens with zero attached hydrogens (tertiary/aromatic N) is 1. The van der Waals surface area contributed by atoms with Crippen LogP contribution in [0.15, 0.2) is 24.3 Å². The van der Waals surface area contributed by atoms with Gasteiger partial charge in [0.15, 0.2) is 5.78 Å². The van der Waals surface area contributed by atoms with Crippen LogP contribution in [-0.2, 0) is 14.4 Å². The summed E-state index contributed by atoms with van der Waals surface area (Å²) in [5, 5.41) is 2.66. The molecule has 0 radical (unpaired) electrons. The molecule has 1 saturated carbocycles. The molecule has 8 heteroatoms. The maximum absolute atomic E-state index is 12.6. The molecule has 2 aliphatic rings. The van der Waals surface area contributed by atoms with E-state index in [4.69, 9.17) is 0 Å². The van der Waals surface area contributed by atoms with Crippen molar-refractivity contribution < 1.29 is 19.2 Å². The number of benzene rings is 1. The van der Waals surface area contributed by atoms with Crippen LogP contribution in [0, 0.1) is 11.8 Å². The molecular formula is C18H18Br2N2O4. The Kier molecular flexibility index (Phi) is 5.62. The second kappa shape index (κ2) is 7.60. The number of nitrogens with one attached hydrogen (secondary N) is 1. The number of carbonyl (C=O) groups is 4. The number of anilines is 1. The summed E-state index contributed by atoms with van der Waals surface area (Å²) in [5.41, 5.74) is 1.06. The maximum atomic E-state index is 12.6. The zero-order chi connectivity index (χ0) is 19.0. The van der Waals surface area contributed by atoms with Crippen molar-refractivity contribution in [2.45, 2.75) is 29.4 Å². The summed E-state index contributed by atoms with van der Waals surface area (Å²) in [7, 11) is 0. The first kappa shape index (κ1) is 19.2. The molecule has 0 spiro atoms. The van der Waals surface area contributed by atoms with Crippen LogP contribution >= 0.6 is 31.9 Å². The van der Waals surface area contributed by atoms with Crippen LogP contribution in [0.25, 0.3) is 0 Å². The van der Waals surface area contributed by atoms with Gasteiger partial charge < -0.3 is 5.32 Å². The van der Waals surface area contributed by atoms with E-state index >= 15 is 0 Å². The highest BCUT2D eigenvalue weighted by atomic mass is 79.9. The number of ketones is 1. The zero-order valence-electron chi connectivity index (χ0n) is 14.1. The predicted molar refractivity (Wildman–Crippen MR) is 103 cm³/mol. The summed E-state index contributed by atoms with van der Waals surface area (Å²) >= 11 is 7.07. The number of imide groups is 1. The van der Waals surface area contributed by atoms with Crippen LogP contribution in [0.3, 0.4) is 0 Å². The van der Waals surface area contributed by atoms with Gasteiger partial charge in [0.2, 0.25) is 17.7 Å². The van der Waals surface area contributed by atoms with Gasteiger partial charge in [-0.2, -0.15) is 0 Å². The van der Waals surface area contributed by atoms with Crippen molar-refractivity contribution in [1.82, 2.24) is 4.90 Å². The molecule has 1 N–H and O–H groups in total. The Bertz CT molecular complexity index is 737. The average Bonchev–Trinajstić information content (AvgIpc) is 2.80. The molecule has 1 aliphatic heterocycles. The Balaban J connectivity index is 1.65. The summed E-state index contributed by atoms with van der Waals surface area (Å²) in [5.74, 6) is -1.76. The summed E-state index contributed by atoms with van der Waals surface area (Å²) in [6.07, 6.45) is 1.16. The van der Waals surface area contributed by atoms with Gasteiger partial charge in [0.05, 0.1) is 11.8 Å². The van der Waals surface area contributed by atoms with Gasteiger partial charge in [0.25, 0.3) is 0 Å². The van der Waals surface area contributed by atoms with Crippen LogP contribution in [-0.4, -0.2) is 44.6 Å². The molecule has 1 heterocycles. The van der Waals surface area contributed by atoms with Gasteiger partial charge in [0.1, 0.15) is 6.54 Å². The van der Waals surface area contributed by atoms with Crippen molar-refractivity contribution in [2.75, 3.05) is 11.9 Å². The molecule has 1 saturated heterocycles. The number of hydrogen-bond acceptors (Lipinski definition) is 4. The Morgan fingerprint density at radius 3 is 2.00 bits per heavy atom. The molecule has 4 atom stereocenters. The number of fused-ring (bicyclic) bond motifs is 1. The third-order valence-electron chi connectivity index (χ3n) is 4.88. The number of alkyl halides is 2. The highest BCUT2D eigenvalue weighted by Gasteiger charge is 2.52. The summed E-state index contributed by atoms with van der Waals surface area (Å²) in [6.45, 7) is 1.17. The standard InChI is InChI=1S/C18H18Br2N2O4/c1-9(23)10-2-4-11(5-3-10)21-16(24)8-22-17(25)12-6-14(19)15(20)7-13(12)18(22)26/h2-5,12-15H,6-8H2,1H3,(H,21,24)/t12-,13-,14-,15+/m1/s1. The molecule has 1 aromatic rings. The highest BCUT2D eigenvalue weighted by molar-refractivity contribution is 9.12. The Labute approximate surface area is 167 Å². The SMILES string of the molecule is CC(=O)c1ccc(NC(=O)CN2C(=O)[C@@H]3C[C@@H](Br)[C@@H](Br)C[C@H]3C2=O)cc1. The van der Waals surface area contributed by atoms with Crippen molar-refractivity contribution in [3.8, 4) is 0 Å². The largest absolute Gasteiger partial charge is 0.325 e. The van der Waals surface area contributed by atoms with Gasteiger partial charge in [-0.1, -0.05) is 31.9 Å². The lowest BCUT2D eigenvalue weighted by molar-refractivity contribution is -0.142. The van der Waals surface area contributed by atoms with Crippen molar-refractivity contribution in [1.29, 1.82) is 0 Å². The molecule has 0 bridgehead atoms. The Hall–Kier alpha value is -1.54. The van der Waals surface area contributed by atoms with Crippen LogP contribution < -0.4 is 5.32 Å². The van der Waals surface area contributed by atoms with E-state index in [0.29, 0.717) is 24.1 Å². The van der Waals surface area contributed by atoms with Crippen molar-refractivity contribution in [3.05, 3.63) is 29.8 Å². The minimum atomic E-state index is -0.438. The Morgan fingerprint density at radius 1 is 1.04 bits per heavy atom. The van der Waals surface area contributed by atoms with E-state index in [2.05, 4.69) is 37.2 Å². The Morgan fingerprint density at radius 2 is 1.54 bits per heavy atom. The minimum Gasteiger partial charge on any atom is -0.325 e. The van der Waals surface area contributed by atoms with Crippen LogP contribution in [0.1, 0.15) is 30.1 Å². The fraction of sp³-hybridized carbons (Fsp3) is 0.444. The fourth-order valence-electron chi connectivity index (χ4n) is 3.45. The van der Waals surface area contributed by atoms with E-state index in [1.54, 1.807) is 24.3 Å². The minimum absolute atomic E-state index is 0.0612. The van der Waals surface area contributed by atoms with Gasteiger partial charge in [-0.3, -0.25) is 24.1 Å². The van der Waals surface area contributed by atoms with Gasteiger partial charge in [-0.25, -0.2) is 0 Å². The molecule has 0 aromatic heterocycles. The third-order valence-corrected chi connectivity index (χ3v) is 7.61. The second-order valence-electron chi connectivity index (χ2n) is 6.66. The first-order valence-corrected chi connectivity index (χ1v) is 10.1. The van der Waals surface area contributed by atoms with Crippen molar-refractivity contribution in [3.63, 3.8) is 0 Å². The average molecular weight is 486 g/mol. The monoisotopic (exact) mass is 484 g/mol. The van der Waals surface area contributed by atoms with E-state index in [0.717, 1.165) is 4.90 Å². The van der Waals surface area contributed by atoms with E-state index in [9.17, 15) is 19.2 Å². The fourth-order valence-corrected chi connectivity index (χ4v) is 4.69. The lowest BCUT2D eigenvalue weighted by Gasteiger charge is -2.29. The number of rotatable bonds is 4. The molecule has 1 aromatic carbocycles. The molecular weight excluding hydrogens is 468 g/mol. The lowest BCUT2D eigenvalue weighted by Crippen LogP contribution is -2.38. The third kappa shape index (κ3) is 3.76. The van der Waals surface area contributed by atoms with Gasteiger partial charge in [-0.15, -0.1) is 0 Å². The summed E-state index contributed by atoms with van der Waals surface area (Å²) in [6, 6.07) is 6.47. The van der Waals surface area contributed by atoms with Crippen LogP contribution in [0.4, 0.5) is 5.69 Å². The predicted octanol–water partition coefficient (Wildman–Crippen LogP) is 2.75. The number of likely N-dealkylation sites (tertiary alicyclic amines) is 1. The molecule has 0 unspecified atom stereocenters. The van der Waals surface area contributed by atoms with Gasteiger partial charge in [0, 0.05) is 20.9 Å². The lowest BCUT2D eigenvalue weighted by atomic mass is 9.81. The molecule has 1 aliphatic carbocycles. The number of amides is 3. The second-order valence-corrected chi connectivity index (χ2v) is 9.01. The normalized spacial score (nSPS) is 28.0. The van der Waals surface area contributed by atoms with Crippen LogP contribution in [0.5, 0.6) is 0 Å². The quantitative estimate of drug-likeness (QED) is 0.403. The van der Waals surface area contributed by atoms with E-state index in [1.807, 2.05) is 0 Å². The maximum Gasteiger partial charge on any atom is 0.244 e. The summed E-state index contributed by atoms with van der Waals surface area (Å²) < 4.78 is 0. The van der Waals surface area contributed by atoms with Gasteiger partial charge in [-0.05, 0) is 44.0 Å². The number of halogens is 2.